The van der Waals surface area contributed by atoms with Crippen molar-refractivity contribution in [1.29, 1.82) is 0 Å². The van der Waals surface area contributed by atoms with Crippen molar-refractivity contribution in [3.63, 3.8) is 0 Å². The second kappa shape index (κ2) is 6.99. The van der Waals surface area contributed by atoms with Crippen LogP contribution in [-0.4, -0.2) is 19.9 Å². The van der Waals surface area contributed by atoms with Gasteiger partial charge in [0.2, 0.25) is 0 Å². The molecule has 84 valence electrons. The first-order valence-corrected chi connectivity index (χ1v) is 5.32. The Morgan fingerprint density at radius 1 is 1.57 bits per heavy atom. The van der Waals surface area contributed by atoms with E-state index in [4.69, 9.17) is 4.74 Å². The lowest BCUT2D eigenvalue weighted by atomic mass is 9.81. The van der Waals surface area contributed by atoms with E-state index in [0.29, 0.717) is 19.4 Å². The molecule has 0 heterocycles. The molecule has 0 fully saturated rings. The van der Waals surface area contributed by atoms with Gasteiger partial charge in [0.1, 0.15) is 6.17 Å². The van der Waals surface area contributed by atoms with Crippen molar-refractivity contribution >= 4 is 0 Å². The van der Waals surface area contributed by atoms with E-state index in [2.05, 4.69) is 13.5 Å². The number of ether oxygens (including phenoxy) is 1. The molecule has 0 unspecified atom stereocenters. The topological polar surface area (TPSA) is 9.23 Å². The zero-order chi connectivity index (χ0) is 11.0. The van der Waals surface area contributed by atoms with Crippen LogP contribution in [0.2, 0.25) is 0 Å². The molecule has 0 aromatic heterocycles. The van der Waals surface area contributed by atoms with E-state index in [1.54, 1.807) is 7.11 Å². The zero-order valence-electron chi connectivity index (χ0n) is 9.68. The molecular weight excluding hydrogens is 179 g/mol. The lowest BCUT2D eigenvalue weighted by Crippen LogP contribution is -2.26. The van der Waals surface area contributed by atoms with Crippen LogP contribution in [0.4, 0.5) is 4.39 Å². The van der Waals surface area contributed by atoms with Gasteiger partial charge in [-0.05, 0) is 31.1 Å². The van der Waals surface area contributed by atoms with Gasteiger partial charge >= 0.3 is 0 Å². The van der Waals surface area contributed by atoms with Crippen LogP contribution in [0.1, 0.15) is 39.5 Å². The van der Waals surface area contributed by atoms with E-state index in [1.807, 2.05) is 13.0 Å². The summed E-state index contributed by atoms with van der Waals surface area (Å²) in [5.41, 5.74) is -0.0433. The Labute approximate surface area is 87.3 Å². The minimum Gasteiger partial charge on any atom is -0.384 e. The van der Waals surface area contributed by atoms with Crippen LogP contribution in [-0.2, 0) is 4.74 Å². The van der Waals surface area contributed by atoms with Gasteiger partial charge in [-0.3, -0.25) is 0 Å². The number of rotatable bonds is 8. The highest BCUT2D eigenvalue weighted by molar-refractivity contribution is 4.81. The normalized spacial score (nSPS) is 17.4. The first kappa shape index (κ1) is 13.6. The smallest absolute Gasteiger partial charge is 0.100 e. The second-order valence-electron chi connectivity index (χ2n) is 4.28. The number of allylic oxidation sites excluding steroid dienone is 1. The predicted molar refractivity (Wildman–Crippen MR) is 59.2 cm³/mol. The average molecular weight is 202 g/mol. The molecule has 0 aromatic rings. The maximum atomic E-state index is 13.3. The van der Waals surface area contributed by atoms with Gasteiger partial charge in [-0.2, -0.15) is 0 Å². The summed E-state index contributed by atoms with van der Waals surface area (Å²) in [6.07, 6.45) is 4.23. The molecule has 2 atom stereocenters. The summed E-state index contributed by atoms with van der Waals surface area (Å²) in [6.45, 7) is 8.28. The van der Waals surface area contributed by atoms with E-state index in [0.717, 1.165) is 12.8 Å². The van der Waals surface area contributed by atoms with Crippen molar-refractivity contribution in [3.05, 3.63) is 12.7 Å². The van der Waals surface area contributed by atoms with Crippen LogP contribution in [0.15, 0.2) is 12.7 Å². The van der Waals surface area contributed by atoms with E-state index in [-0.39, 0.29) is 5.41 Å². The molecule has 0 aliphatic rings. The summed E-state index contributed by atoms with van der Waals surface area (Å²) >= 11 is 0. The van der Waals surface area contributed by atoms with Gasteiger partial charge in [-0.1, -0.05) is 19.9 Å². The molecular formula is C12H23FO. The van der Waals surface area contributed by atoms with Crippen molar-refractivity contribution < 1.29 is 9.13 Å². The highest BCUT2D eigenvalue weighted by Gasteiger charge is 2.26. The van der Waals surface area contributed by atoms with Crippen molar-refractivity contribution in [2.75, 3.05) is 13.7 Å². The van der Waals surface area contributed by atoms with Crippen LogP contribution in [0.25, 0.3) is 0 Å². The van der Waals surface area contributed by atoms with E-state index in [1.165, 1.54) is 0 Å². The second-order valence-corrected chi connectivity index (χ2v) is 4.28. The van der Waals surface area contributed by atoms with Gasteiger partial charge < -0.3 is 4.74 Å². The molecule has 0 spiro atoms. The molecule has 0 aromatic carbocycles. The zero-order valence-corrected chi connectivity index (χ0v) is 9.68. The van der Waals surface area contributed by atoms with Crippen molar-refractivity contribution in [2.24, 2.45) is 5.41 Å². The Kier molecular flexibility index (Phi) is 6.81. The Bertz CT molecular complexity index is 158. The lowest BCUT2D eigenvalue weighted by Gasteiger charge is -2.29. The average Bonchev–Trinajstić information content (AvgIpc) is 2.15. The van der Waals surface area contributed by atoms with Gasteiger partial charge in [0.25, 0.3) is 0 Å². The third kappa shape index (κ3) is 5.38. The maximum Gasteiger partial charge on any atom is 0.100 e. The van der Waals surface area contributed by atoms with Crippen LogP contribution >= 0.6 is 0 Å². The summed E-state index contributed by atoms with van der Waals surface area (Å²) in [5, 5.41) is 0. The standard InChI is InChI=1S/C12H23FO/c1-5-7-8-12(3,10-14-4)9-11(13)6-2/h5,11H,1,6-10H2,2-4H3/t11-,12+/m0/s1. The predicted octanol–water partition coefficient (Wildman–Crippen LogP) is 3.74. The fourth-order valence-corrected chi connectivity index (χ4v) is 1.71. The van der Waals surface area contributed by atoms with Crippen molar-refractivity contribution in [3.8, 4) is 0 Å². The van der Waals surface area contributed by atoms with Gasteiger partial charge in [-0.25, -0.2) is 4.39 Å². The highest BCUT2D eigenvalue weighted by Crippen LogP contribution is 2.31. The summed E-state index contributed by atoms with van der Waals surface area (Å²) in [4.78, 5) is 0. The molecule has 0 N–H and O–H groups in total. The summed E-state index contributed by atoms with van der Waals surface area (Å²) < 4.78 is 18.4. The highest BCUT2D eigenvalue weighted by atomic mass is 19.1. The van der Waals surface area contributed by atoms with Crippen LogP contribution < -0.4 is 0 Å². The third-order valence-corrected chi connectivity index (χ3v) is 2.60. The SMILES string of the molecule is C=CCC[C@@](C)(COC)C[C@@H](F)CC. The minimum atomic E-state index is -0.708. The molecule has 0 saturated heterocycles. The van der Waals surface area contributed by atoms with E-state index in [9.17, 15) is 4.39 Å². The van der Waals surface area contributed by atoms with Gasteiger partial charge in [0, 0.05) is 7.11 Å². The minimum absolute atomic E-state index is 0.0433. The van der Waals surface area contributed by atoms with E-state index >= 15 is 0 Å². The number of methoxy groups -OCH3 is 1. The molecule has 0 radical (unpaired) electrons. The fourth-order valence-electron chi connectivity index (χ4n) is 1.71. The first-order chi connectivity index (χ1) is 6.58. The molecule has 1 nitrogen and oxygen atoms in total. The van der Waals surface area contributed by atoms with Crippen molar-refractivity contribution in [2.45, 2.75) is 45.7 Å². The Morgan fingerprint density at radius 2 is 2.21 bits per heavy atom. The van der Waals surface area contributed by atoms with Gasteiger partial charge in [-0.15, -0.1) is 6.58 Å². The van der Waals surface area contributed by atoms with Crippen LogP contribution in [0, 0.1) is 5.41 Å². The third-order valence-electron chi connectivity index (χ3n) is 2.60. The quantitative estimate of drug-likeness (QED) is 0.545. The van der Waals surface area contributed by atoms with Gasteiger partial charge in [0.05, 0.1) is 6.61 Å². The molecule has 0 aliphatic heterocycles. The van der Waals surface area contributed by atoms with Crippen molar-refractivity contribution in [1.82, 2.24) is 0 Å². The fraction of sp³-hybridized carbons (Fsp3) is 0.833. The molecule has 14 heavy (non-hydrogen) atoms. The summed E-state index contributed by atoms with van der Waals surface area (Å²) in [5.74, 6) is 0. The molecule has 0 aliphatic carbocycles. The number of hydrogen-bond acceptors (Lipinski definition) is 1. The molecule has 0 saturated carbocycles. The van der Waals surface area contributed by atoms with Crippen LogP contribution in [0.3, 0.4) is 0 Å². The largest absolute Gasteiger partial charge is 0.384 e. The monoisotopic (exact) mass is 202 g/mol. The lowest BCUT2D eigenvalue weighted by molar-refractivity contribution is 0.0577. The number of hydrogen-bond donors (Lipinski definition) is 0. The summed E-state index contributed by atoms with van der Waals surface area (Å²) in [7, 11) is 1.67. The number of alkyl halides is 1. The molecule has 0 amide bonds. The van der Waals surface area contributed by atoms with Gasteiger partial charge in [0.15, 0.2) is 0 Å². The Morgan fingerprint density at radius 3 is 2.64 bits per heavy atom. The van der Waals surface area contributed by atoms with E-state index < -0.39 is 6.17 Å². The molecule has 2 heteroatoms. The maximum absolute atomic E-state index is 13.3. The Hall–Kier alpha value is -0.370. The Balaban J connectivity index is 4.14. The first-order valence-electron chi connectivity index (χ1n) is 5.32. The van der Waals surface area contributed by atoms with Crippen LogP contribution in [0.5, 0.6) is 0 Å². The molecule has 0 bridgehead atoms. The summed E-state index contributed by atoms with van der Waals surface area (Å²) in [6, 6.07) is 0. The number of halogens is 1. The molecule has 0 rings (SSSR count).